The predicted octanol–water partition coefficient (Wildman–Crippen LogP) is -0.373. The highest BCUT2D eigenvalue weighted by molar-refractivity contribution is 5.80. The molecule has 0 fully saturated rings. The number of hydrogen-bond donors (Lipinski definition) is 3. The number of carbonyl (C=O) groups excluding carboxylic acids is 2. The van der Waals surface area contributed by atoms with E-state index in [1.807, 2.05) is 20.8 Å². The van der Waals surface area contributed by atoms with Crippen LogP contribution in [0.3, 0.4) is 0 Å². The first-order valence-corrected chi connectivity index (χ1v) is 5.07. The average molecular weight is 215 g/mol. The Bertz CT molecular complexity index is 221. The van der Waals surface area contributed by atoms with Crippen LogP contribution in [0.1, 0.15) is 27.2 Å². The average Bonchev–Trinajstić information content (AvgIpc) is 2.00. The fraction of sp³-hybridized carbons (Fsp3) is 0.800. The number of rotatable bonds is 5. The Morgan fingerprint density at radius 2 is 1.73 bits per heavy atom. The lowest BCUT2D eigenvalue weighted by Crippen LogP contribution is -2.42. The topological polar surface area (TPSA) is 70.2 Å². The lowest BCUT2D eigenvalue weighted by Gasteiger charge is -2.20. The van der Waals surface area contributed by atoms with Gasteiger partial charge in [0, 0.05) is 18.5 Å². The van der Waals surface area contributed by atoms with Crippen LogP contribution in [0.15, 0.2) is 0 Å². The van der Waals surface area contributed by atoms with E-state index in [1.54, 1.807) is 7.05 Å². The number of likely N-dealkylation sites (N-methyl/N-ethyl adjacent to an activating group) is 1. The largest absolute Gasteiger partial charge is 0.354 e. The lowest BCUT2D eigenvalue weighted by molar-refractivity contribution is -0.122. The fourth-order valence-electron chi connectivity index (χ4n) is 1.02. The van der Waals surface area contributed by atoms with Crippen LogP contribution in [0.25, 0.3) is 0 Å². The number of nitrogens with one attached hydrogen (secondary N) is 3. The SMILES string of the molecule is CNCC(=O)NCCC(=O)NC(C)(C)C. The van der Waals surface area contributed by atoms with Gasteiger partial charge in [-0.05, 0) is 27.8 Å². The molecule has 3 N–H and O–H groups in total. The zero-order valence-corrected chi connectivity index (χ0v) is 9.94. The highest BCUT2D eigenvalue weighted by Gasteiger charge is 2.13. The van der Waals surface area contributed by atoms with Gasteiger partial charge in [-0.25, -0.2) is 0 Å². The minimum Gasteiger partial charge on any atom is -0.354 e. The third-order valence-corrected chi connectivity index (χ3v) is 1.53. The first kappa shape index (κ1) is 13.9. The van der Waals surface area contributed by atoms with Gasteiger partial charge in [0.25, 0.3) is 0 Å². The van der Waals surface area contributed by atoms with E-state index in [2.05, 4.69) is 16.0 Å². The molecule has 0 heterocycles. The summed E-state index contributed by atoms with van der Waals surface area (Å²) in [5.74, 6) is -0.145. The van der Waals surface area contributed by atoms with Crippen molar-refractivity contribution < 1.29 is 9.59 Å². The summed E-state index contributed by atoms with van der Waals surface area (Å²) in [7, 11) is 1.70. The Morgan fingerprint density at radius 3 is 2.20 bits per heavy atom. The standard InChI is InChI=1S/C10H21N3O2/c1-10(2,3)13-8(14)5-6-12-9(15)7-11-4/h11H,5-7H2,1-4H3,(H,12,15)(H,13,14). The van der Waals surface area contributed by atoms with Gasteiger partial charge >= 0.3 is 0 Å². The van der Waals surface area contributed by atoms with E-state index in [1.165, 1.54) is 0 Å². The van der Waals surface area contributed by atoms with Crippen LogP contribution in [0.2, 0.25) is 0 Å². The van der Waals surface area contributed by atoms with Crippen LogP contribution in [-0.2, 0) is 9.59 Å². The molecule has 2 amide bonds. The van der Waals surface area contributed by atoms with E-state index < -0.39 is 0 Å². The van der Waals surface area contributed by atoms with Crippen molar-refractivity contribution in [3.8, 4) is 0 Å². The molecule has 88 valence electrons. The van der Waals surface area contributed by atoms with Crippen LogP contribution >= 0.6 is 0 Å². The highest BCUT2D eigenvalue weighted by atomic mass is 16.2. The summed E-state index contributed by atoms with van der Waals surface area (Å²) in [6.45, 7) is 6.42. The van der Waals surface area contributed by atoms with Crippen molar-refractivity contribution >= 4 is 11.8 Å². The van der Waals surface area contributed by atoms with Gasteiger partial charge in [-0.2, -0.15) is 0 Å². The van der Waals surface area contributed by atoms with Crippen molar-refractivity contribution in [1.29, 1.82) is 0 Å². The van der Waals surface area contributed by atoms with Crippen molar-refractivity contribution in [3.05, 3.63) is 0 Å². The Morgan fingerprint density at radius 1 is 1.13 bits per heavy atom. The molecule has 0 spiro atoms. The maximum absolute atomic E-state index is 11.3. The monoisotopic (exact) mass is 215 g/mol. The summed E-state index contributed by atoms with van der Waals surface area (Å²) in [4.78, 5) is 22.3. The molecule has 0 aromatic carbocycles. The van der Waals surface area contributed by atoms with E-state index in [0.29, 0.717) is 13.0 Å². The zero-order valence-electron chi connectivity index (χ0n) is 9.94. The molecule has 0 saturated carbocycles. The first-order chi connectivity index (χ1) is 6.85. The van der Waals surface area contributed by atoms with Gasteiger partial charge in [-0.15, -0.1) is 0 Å². The van der Waals surface area contributed by atoms with Gasteiger partial charge in [0.05, 0.1) is 6.54 Å². The minimum absolute atomic E-state index is 0.0488. The molecule has 0 aromatic heterocycles. The highest BCUT2D eigenvalue weighted by Crippen LogP contribution is 1.98. The molecule has 0 atom stereocenters. The summed E-state index contributed by atoms with van der Waals surface area (Å²) in [5.41, 5.74) is -0.216. The van der Waals surface area contributed by atoms with Crippen LogP contribution in [-0.4, -0.2) is 37.5 Å². The first-order valence-electron chi connectivity index (χ1n) is 5.07. The lowest BCUT2D eigenvalue weighted by atomic mass is 10.1. The molecule has 0 rings (SSSR count). The molecule has 0 aliphatic carbocycles. The molecule has 0 bridgehead atoms. The molecule has 0 aromatic rings. The van der Waals surface area contributed by atoms with Crippen LogP contribution < -0.4 is 16.0 Å². The number of carbonyl (C=O) groups is 2. The van der Waals surface area contributed by atoms with E-state index in [9.17, 15) is 9.59 Å². The van der Waals surface area contributed by atoms with E-state index >= 15 is 0 Å². The van der Waals surface area contributed by atoms with Gasteiger partial charge < -0.3 is 16.0 Å². The van der Waals surface area contributed by atoms with Crippen LogP contribution in [0, 0.1) is 0 Å². The third kappa shape index (κ3) is 9.21. The molecule has 5 nitrogen and oxygen atoms in total. The second-order valence-electron chi connectivity index (χ2n) is 4.43. The van der Waals surface area contributed by atoms with Crippen LogP contribution in [0.5, 0.6) is 0 Å². The fourth-order valence-corrected chi connectivity index (χ4v) is 1.02. The molecule has 0 aliphatic heterocycles. The third-order valence-electron chi connectivity index (χ3n) is 1.53. The Kier molecular flexibility index (Phi) is 5.93. The predicted molar refractivity (Wildman–Crippen MR) is 59.4 cm³/mol. The second-order valence-corrected chi connectivity index (χ2v) is 4.43. The molecule has 0 aliphatic rings. The van der Waals surface area contributed by atoms with Crippen molar-refractivity contribution in [2.45, 2.75) is 32.7 Å². The van der Waals surface area contributed by atoms with E-state index in [0.717, 1.165) is 0 Å². The number of hydrogen-bond acceptors (Lipinski definition) is 3. The second kappa shape index (κ2) is 6.40. The summed E-state index contributed by atoms with van der Waals surface area (Å²) in [6, 6.07) is 0. The van der Waals surface area contributed by atoms with E-state index in [-0.39, 0.29) is 23.9 Å². The quantitative estimate of drug-likeness (QED) is 0.586. The smallest absolute Gasteiger partial charge is 0.233 e. The molecule has 0 unspecified atom stereocenters. The van der Waals surface area contributed by atoms with Gasteiger partial charge in [0.1, 0.15) is 0 Å². The maximum atomic E-state index is 11.3. The number of amides is 2. The van der Waals surface area contributed by atoms with E-state index in [4.69, 9.17) is 0 Å². The van der Waals surface area contributed by atoms with Crippen molar-refractivity contribution in [2.24, 2.45) is 0 Å². The molecule has 15 heavy (non-hydrogen) atoms. The minimum atomic E-state index is -0.216. The Balaban J connectivity index is 3.60. The summed E-state index contributed by atoms with van der Waals surface area (Å²) in [6.07, 6.45) is 0.312. The zero-order chi connectivity index (χ0) is 11.9. The summed E-state index contributed by atoms with van der Waals surface area (Å²) < 4.78 is 0. The Hall–Kier alpha value is -1.10. The van der Waals surface area contributed by atoms with Crippen molar-refractivity contribution in [3.63, 3.8) is 0 Å². The van der Waals surface area contributed by atoms with Gasteiger partial charge in [0.15, 0.2) is 0 Å². The van der Waals surface area contributed by atoms with Crippen molar-refractivity contribution in [1.82, 2.24) is 16.0 Å². The summed E-state index contributed by atoms with van der Waals surface area (Å²) in [5, 5.41) is 8.19. The van der Waals surface area contributed by atoms with Gasteiger partial charge in [0.2, 0.25) is 11.8 Å². The van der Waals surface area contributed by atoms with Gasteiger partial charge in [-0.3, -0.25) is 9.59 Å². The van der Waals surface area contributed by atoms with Crippen LogP contribution in [0.4, 0.5) is 0 Å². The Labute approximate surface area is 91.0 Å². The molecule has 5 heteroatoms. The summed E-state index contributed by atoms with van der Waals surface area (Å²) >= 11 is 0. The normalized spacial score (nSPS) is 10.9. The molecule has 0 radical (unpaired) electrons. The molecular formula is C10H21N3O2. The van der Waals surface area contributed by atoms with Crippen molar-refractivity contribution in [2.75, 3.05) is 20.1 Å². The molecule has 0 saturated heterocycles. The maximum Gasteiger partial charge on any atom is 0.233 e. The molecular weight excluding hydrogens is 194 g/mol. The van der Waals surface area contributed by atoms with Gasteiger partial charge in [-0.1, -0.05) is 0 Å².